The molecule has 7 nitrogen and oxygen atoms in total. The summed E-state index contributed by atoms with van der Waals surface area (Å²) in [5.74, 6) is 0. The Balaban J connectivity index is 1.89. The maximum atomic E-state index is 9.57. The molecule has 94 valence electrons. The van der Waals surface area contributed by atoms with Crippen LogP contribution in [0, 0.1) is 0 Å². The van der Waals surface area contributed by atoms with Gasteiger partial charge in [0.1, 0.15) is 30.5 Å². The quantitative estimate of drug-likeness (QED) is 0.390. The molecule has 0 saturated carbocycles. The second-order valence-corrected chi connectivity index (χ2v) is 3.99. The van der Waals surface area contributed by atoms with E-state index in [4.69, 9.17) is 19.3 Å². The van der Waals surface area contributed by atoms with Gasteiger partial charge in [-0.25, -0.2) is 0 Å². The van der Waals surface area contributed by atoms with Crippen molar-refractivity contribution in [1.82, 2.24) is 0 Å². The zero-order chi connectivity index (χ0) is 11.7. The fourth-order valence-corrected chi connectivity index (χ4v) is 1.57. The summed E-state index contributed by atoms with van der Waals surface area (Å²) in [5.41, 5.74) is 0. The molecule has 2 aliphatic heterocycles. The van der Waals surface area contributed by atoms with Crippen LogP contribution in [0.25, 0.3) is 0 Å². The third-order valence-corrected chi connectivity index (χ3v) is 2.70. The van der Waals surface area contributed by atoms with E-state index >= 15 is 0 Å². The van der Waals surface area contributed by atoms with Crippen LogP contribution in [0.15, 0.2) is 0 Å². The average molecular weight is 236 g/mol. The molecular weight excluding hydrogens is 220 g/mol. The summed E-state index contributed by atoms with van der Waals surface area (Å²) in [6.07, 6.45) is -6.06. The lowest BCUT2D eigenvalue weighted by atomic mass is 9.99. The largest absolute Gasteiger partial charge is 0.394 e. The number of aliphatic hydroxyl groups excluding tert-OH is 4. The molecule has 0 spiro atoms. The molecule has 0 bridgehead atoms. The Kier molecular flexibility index (Phi) is 3.75. The molecule has 0 amide bonds. The summed E-state index contributed by atoms with van der Waals surface area (Å²) in [5, 5.41) is 37.4. The van der Waals surface area contributed by atoms with Crippen LogP contribution in [0.2, 0.25) is 0 Å². The van der Waals surface area contributed by atoms with E-state index in [-0.39, 0.29) is 12.7 Å². The Hall–Kier alpha value is -0.280. The van der Waals surface area contributed by atoms with Gasteiger partial charge < -0.3 is 34.6 Å². The zero-order valence-electron chi connectivity index (χ0n) is 8.60. The minimum atomic E-state index is -1.39. The molecule has 1 unspecified atom stereocenters. The van der Waals surface area contributed by atoms with E-state index < -0.39 is 37.3 Å². The number of rotatable bonds is 4. The van der Waals surface area contributed by atoms with Gasteiger partial charge in [0.25, 0.3) is 0 Å². The van der Waals surface area contributed by atoms with Crippen molar-refractivity contribution in [3.63, 3.8) is 0 Å². The van der Waals surface area contributed by atoms with Gasteiger partial charge in [-0.1, -0.05) is 0 Å². The van der Waals surface area contributed by atoms with Crippen LogP contribution in [0.5, 0.6) is 0 Å². The van der Waals surface area contributed by atoms with E-state index in [1.165, 1.54) is 0 Å². The van der Waals surface area contributed by atoms with Crippen molar-refractivity contribution in [3.8, 4) is 0 Å². The number of aliphatic hydroxyl groups is 4. The van der Waals surface area contributed by atoms with Gasteiger partial charge in [-0.2, -0.15) is 0 Å². The molecule has 2 saturated heterocycles. The van der Waals surface area contributed by atoms with Gasteiger partial charge in [-0.3, -0.25) is 0 Å². The molecule has 0 aromatic rings. The summed E-state index contributed by atoms with van der Waals surface area (Å²) < 4.78 is 15.2. The standard InChI is InChI=1S/C9H16O7/c10-1-5-6(11)7(12)8(13)9(16-5)15-3-4-2-14-4/h4-13H,1-3H2/t4?,5-,6-,7+,8-,9+/m1/s1. The van der Waals surface area contributed by atoms with E-state index in [2.05, 4.69) is 0 Å². The summed E-state index contributed by atoms with van der Waals surface area (Å²) in [7, 11) is 0. The van der Waals surface area contributed by atoms with Crippen LogP contribution in [-0.4, -0.2) is 77.1 Å². The molecule has 0 aliphatic carbocycles. The third-order valence-electron chi connectivity index (χ3n) is 2.70. The van der Waals surface area contributed by atoms with Crippen molar-refractivity contribution < 1.29 is 34.6 Å². The third kappa shape index (κ3) is 2.51. The minimum absolute atomic E-state index is 0.00682. The highest BCUT2D eigenvalue weighted by molar-refractivity contribution is 4.89. The highest BCUT2D eigenvalue weighted by atomic mass is 16.7. The van der Waals surface area contributed by atoms with E-state index in [9.17, 15) is 15.3 Å². The van der Waals surface area contributed by atoms with E-state index in [0.717, 1.165) is 0 Å². The van der Waals surface area contributed by atoms with Crippen molar-refractivity contribution in [2.45, 2.75) is 36.8 Å². The first-order chi connectivity index (χ1) is 7.63. The van der Waals surface area contributed by atoms with E-state index in [1.807, 2.05) is 0 Å². The van der Waals surface area contributed by atoms with Gasteiger partial charge >= 0.3 is 0 Å². The zero-order valence-corrected chi connectivity index (χ0v) is 8.60. The van der Waals surface area contributed by atoms with Gasteiger partial charge in [0.15, 0.2) is 6.29 Å². The van der Waals surface area contributed by atoms with Crippen molar-refractivity contribution in [3.05, 3.63) is 0 Å². The summed E-state index contributed by atoms with van der Waals surface area (Å²) >= 11 is 0. The molecule has 7 heteroatoms. The Morgan fingerprint density at radius 2 is 1.81 bits per heavy atom. The molecule has 6 atom stereocenters. The van der Waals surface area contributed by atoms with Gasteiger partial charge in [0.05, 0.1) is 19.8 Å². The summed E-state index contributed by atoms with van der Waals surface area (Å²) in [4.78, 5) is 0. The first-order valence-electron chi connectivity index (χ1n) is 5.17. The average Bonchev–Trinajstić information content (AvgIpc) is 3.09. The van der Waals surface area contributed by atoms with Crippen LogP contribution < -0.4 is 0 Å². The van der Waals surface area contributed by atoms with Gasteiger partial charge in [0.2, 0.25) is 0 Å². The maximum absolute atomic E-state index is 9.57. The Morgan fingerprint density at radius 3 is 2.38 bits per heavy atom. The summed E-state index contributed by atoms with van der Waals surface area (Å²) in [6, 6.07) is 0. The van der Waals surface area contributed by atoms with Gasteiger partial charge in [-0.15, -0.1) is 0 Å². The normalized spacial score (nSPS) is 48.0. The highest BCUT2D eigenvalue weighted by Gasteiger charge is 2.44. The number of ether oxygens (including phenoxy) is 3. The first kappa shape index (κ1) is 12.2. The minimum Gasteiger partial charge on any atom is -0.394 e. The number of epoxide rings is 1. The number of hydrogen-bond acceptors (Lipinski definition) is 7. The van der Waals surface area contributed by atoms with Gasteiger partial charge in [-0.05, 0) is 0 Å². The van der Waals surface area contributed by atoms with Crippen LogP contribution >= 0.6 is 0 Å². The predicted molar refractivity (Wildman–Crippen MR) is 49.5 cm³/mol. The van der Waals surface area contributed by atoms with Crippen molar-refractivity contribution in [1.29, 1.82) is 0 Å². The molecule has 2 aliphatic rings. The SMILES string of the molecule is OC[C@H]1O[C@H](OCC2CO2)[C@H](O)[C@@H](O)[C@@H]1O. The molecular formula is C9H16O7. The smallest absolute Gasteiger partial charge is 0.186 e. The highest BCUT2D eigenvalue weighted by Crippen LogP contribution is 2.23. The van der Waals surface area contributed by atoms with Crippen LogP contribution in [0.1, 0.15) is 0 Å². The van der Waals surface area contributed by atoms with E-state index in [0.29, 0.717) is 6.61 Å². The van der Waals surface area contributed by atoms with Crippen LogP contribution in [0.4, 0.5) is 0 Å². The van der Waals surface area contributed by atoms with Crippen LogP contribution in [0.3, 0.4) is 0 Å². The van der Waals surface area contributed by atoms with Crippen molar-refractivity contribution in [2.24, 2.45) is 0 Å². The molecule has 16 heavy (non-hydrogen) atoms. The van der Waals surface area contributed by atoms with E-state index in [1.54, 1.807) is 0 Å². The predicted octanol–water partition coefficient (Wildman–Crippen LogP) is -2.80. The van der Waals surface area contributed by atoms with Gasteiger partial charge in [0, 0.05) is 0 Å². The Labute approximate surface area is 92.2 Å². The fourth-order valence-electron chi connectivity index (χ4n) is 1.57. The lowest BCUT2D eigenvalue weighted by Crippen LogP contribution is -2.59. The first-order valence-corrected chi connectivity index (χ1v) is 5.17. The summed E-state index contributed by atoms with van der Waals surface area (Å²) in [6.45, 7) is 0.408. The number of hydrogen-bond donors (Lipinski definition) is 4. The van der Waals surface area contributed by atoms with Crippen molar-refractivity contribution in [2.75, 3.05) is 19.8 Å². The molecule has 0 aromatic heterocycles. The fraction of sp³-hybridized carbons (Fsp3) is 1.00. The maximum Gasteiger partial charge on any atom is 0.186 e. The topological polar surface area (TPSA) is 112 Å². The van der Waals surface area contributed by atoms with Crippen LogP contribution in [-0.2, 0) is 14.2 Å². The molecule has 0 radical (unpaired) electrons. The second kappa shape index (κ2) is 4.92. The van der Waals surface area contributed by atoms with Crippen molar-refractivity contribution >= 4 is 0 Å². The molecule has 0 aromatic carbocycles. The lowest BCUT2D eigenvalue weighted by molar-refractivity contribution is -0.301. The molecule has 2 heterocycles. The Morgan fingerprint density at radius 1 is 1.12 bits per heavy atom. The lowest BCUT2D eigenvalue weighted by Gasteiger charge is -2.39. The Bertz CT molecular complexity index is 230. The monoisotopic (exact) mass is 236 g/mol. The molecule has 4 N–H and O–H groups in total. The molecule has 2 rings (SSSR count). The second-order valence-electron chi connectivity index (χ2n) is 3.99. The molecule has 2 fully saturated rings.